The van der Waals surface area contributed by atoms with Crippen molar-refractivity contribution in [2.24, 2.45) is 0 Å². The number of hydrogen-bond donors (Lipinski definition) is 4. The fourth-order valence-electron chi connectivity index (χ4n) is 1.65. The average molecular weight is 283 g/mol. The number of rotatable bonds is 5. The minimum atomic E-state index is -1.36. The summed E-state index contributed by atoms with van der Waals surface area (Å²) in [6.45, 7) is 5.19. The van der Waals surface area contributed by atoms with Crippen molar-refractivity contribution in [3.8, 4) is 0 Å². The first-order valence-electron chi connectivity index (χ1n) is 6.12. The second kappa shape index (κ2) is 6.23. The lowest BCUT2D eigenvalue weighted by atomic mass is 10.1. The molecule has 6 nitrogen and oxygen atoms in total. The van der Waals surface area contributed by atoms with Crippen LogP contribution in [0.1, 0.15) is 31.1 Å². The predicted octanol–water partition coefficient (Wildman–Crippen LogP) is 1.43. The maximum atomic E-state index is 13.3. The zero-order chi connectivity index (χ0) is 15.4. The SMILES string of the molecule is CC(C)NC(=O)C(C)Nc1ccc(F)c(N)c1C(=O)O. The van der Waals surface area contributed by atoms with Crippen LogP contribution < -0.4 is 16.4 Å². The zero-order valence-electron chi connectivity index (χ0n) is 11.5. The van der Waals surface area contributed by atoms with Crippen molar-refractivity contribution >= 4 is 23.3 Å². The van der Waals surface area contributed by atoms with Crippen LogP contribution in [-0.2, 0) is 4.79 Å². The van der Waals surface area contributed by atoms with Gasteiger partial charge in [0.25, 0.3) is 0 Å². The number of carboxylic acid groups (broad SMARTS) is 1. The number of carboxylic acids is 1. The first-order chi connectivity index (χ1) is 9.23. The molecule has 110 valence electrons. The molecule has 0 aliphatic carbocycles. The number of nitrogen functional groups attached to an aromatic ring is 1. The molecule has 1 amide bonds. The highest BCUT2D eigenvalue weighted by molar-refractivity contribution is 6.00. The molecule has 1 unspecified atom stereocenters. The van der Waals surface area contributed by atoms with Crippen LogP contribution in [0, 0.1) is 5.82 Å². The maximum absolute atomic E-state index is 13.3. The Morgan fingerprint density at radius 3 is 2.40 bits per heavy atom. The lowest BCUT2D eigenvalue weighted by Gasteiger charge is -2.19. The Bertz CT molecular complexity index is 532. The second-order valence-corrected chi connectivity index (χ2v) is 4.72. The molecule has 0 spiro atoms. The lowest BCUT2D eigenvalue weighted by molar-refractivity contribution is -0.122. The summed E-state index contributed by atoms with van der Waals surface area (Å²) in [6.07, 6.45) is 0. The van der Waals surface area contributed by atoms with E-state index in [-0.39, 0.29) is 23.2 Å². The zero-order valence-corrected chi connectivity index (χ0v) is 11.5. The second-order valence-electron chi connectivity index (χ2n) is 4.72. The third-order valence-corrected chi connectivity index (χ3v) is 2.60. The molecule has 0 aliphatic heterocycles. The number of aromatic carboxylic acids is 1. The Morgan fingerprint density at radius 2 is 1.90 bits per heavy atom. The van der Waals surface area contributed by atoms with Gasteiger partial charge < -0.3 is 21.5 Å². The Morgan fingerprint density at radius 1 is 1.30 bits per heavy atom. The highest BCUT2D eigenvalue weighted by Crippen LogP contribution is 2.25. The van der Waals surface area contributed by atoms with Crippen LogP contribution in [0.2, 0.25) is 0 Å². The van der Waals surface area contributed by atoms with Gasteiger partial charge in [-0.25, -0.2) is 9.18 Å². The summed E-state index contributed by atoms with van der Waals surface area (Å²) < 4.78 is 13.3. The maximum Gasteiger partial charge on any atom is 0.340 e. The van der Waals surface area contributed by atoms with Gasteiger partial charge in [0, 0.05) is 6.04 Å². The van der Waals surface area contributed by atoms with Gasteiger partial charge in [-0.1, -0.05) is 0 Å². The molecule has 0 fully saturated rings. The first kappa shape index (κ1) is 15.7. The normalized spacial score (nSPS) is 12.1. The summed E-state index contributed by atoms with van der Waals surface area (Å²) in [4.78, 5) is 22.9. The third-order valence-electron chi connectivity index (χ3n) is 2.60. The molecule has 0 radical (unpaired) electrons. The third kappa shape index (κ3) is 3.59. The Kier molecular flexibility index (Phi) is 4.90. The van der Waals surface area contributed by atoms with Crippen molar-refractivity contribution in [3.05, 3.63) is 23.5 Å². The van der Waals surface area contributed by atoms with Crippen LogP contribution in [-0.4, -0.2) is 29.1 Å². The van der Waals surface area contributed by atoms with Crippen LogP contribution in [0.15, 0.2) is 12.1 Å². The van der Waals surface area contributed by atoms with Crippen LogP contribution in [0.4, 0.5) is 15.8 Å². The van der Waals surface area contributed by atoms with E-state index in [1.54, 1.807) is 6.92 Å². The molecular weight excluding hydrogens is 265 g/mol. The van der Waals surface area contributed by atoms with Crippen molar-refractivity contribution in [1.29, 1.82) is 0 Å². The van der Waals surface area contributed by atoms with Crippen molar-refractivity contribution in [3.63, 3.8) is 0 Å². The smallest absolute Gasteiger partial charge is 0.340 e. The number of carbonyl (C=O) groups is 2. The van der Waals surface area contributed by atoms with Crippen LogP contribution in [0.25, 0.3) is 0 Å². The summed E-state index contributed by atoms with van der Waals surface area (Å²) in [6, 6.07) is 1.58. The summed E-state index contributed by atoms with van der Waals surface area (Å²) in [7, 11) is 0. The molecule has 1 aromatic carbocycles. The van der Waals surface area contributed by atoms with Gasteiger partial charge in [0.15, 0.2) is 0 Å². The Labute approximate surface area is 116 Å². The minimum Gasteiger partial charge on any atom is -0.478 e. The standard InChI is InChI=1S/C13H18FN3O3/c1-6(2)16-12(18)7(3)17-9-5-4-8(14)11(15)10(9)13(19)20/h4-7,17H,15H2,1-3H3,(H,16,18)(H,19,20). The van der Waals surface area contributed by atoms with E-state index in [0.717, 1.165) is 6.07 Å². The van der Waals surface area contributed by atoms with Gasteiger partial charge in [-0.05, 0) is 32.9 Å². The molecular formula is C13H18FN3O3. The number of nitrogens with two attached hydrogens (primary N) is 1. The van der Waals surface area contributed by atoms with E-state index in [2.05, 4.69) is 10.6 Å². The summed E-state index contributed by atoms with van der Waals surface area (Å²) >= 11 is 0. The first-order valence-corrected chi connectivity index (χ1v) is 6.12. The molecule has 0 saturated heterocycles. The molecule has 1 rings (SSSR count). The van der Waals surface area contributed by atoms with Gasteiger partial charge in [0.1, 0.15) is 17.4 Å². The molecule has 20 heavy (non-hydrogen) atoms. The largest absolute Gasteiger partial charge is 0.478 e. The molecule has 0 heterocycles. The highest BCUT2D eigenvalue weighted by atomic mass is 19.1. The van der Waals surface area contributed by atoms with E-state index in [1.165, 1.54) is 6.07 Å². The van der Waals surface area contributed by atoms with Gasteiger partial charge in [0.05, 0.1) is 11.4 Å². The molecule has 0 aromatic heterocycles. The van der Waals surface area contributed by atoms with Crippen molar-refractivity contribution in [1.82, 2.24) is 5.32 Å². The Hall–Kier alpha value is -2.31. The van der Waals surface area contributed by atoms with E-state index < -0.39 is 23.5 Å². The summed E-state index contributed by atoms with van der Waals surface area (Å²) in [5, 5.41) is 14.5. The molecule has 0 aliphatic rings. The van der Waals surface area contributed by atoms with E-state index in [1.807, 2.05) is 13.8 Å². The van der Waals surface area contributed by atoms with Crippen molar-refractivity contribution in [2.75, 3.05) is 11.1 Å². The average Bonchev–Trinajstić information content (AvgIpc) is 2.32. The minimum absolute atomic E-state index is 0.0380. The van der Waals surface area contributed by atoms with Crippen LogP contribution in [0.3, 0.4) is 0 Å². The molecule has 1 atom stereocenters. The number of nitrogens with one attached hydrogen (secondary N) is 2. The summed E-state index contributed by atoms with van der Waals surface area (Å²) in [5.74, 6) is -2.47. The fraction of sp³-hybridized carbons (Fsp3) is 0.385. The number of halogens is 1. The monoisotopic (exact) mass is 283 g/mol. The van der Waals surface area contributed by atoms with Crippen molar-refractivity contribution in [2.45, 2.75) is 32.9 Å². The van der Waals surface area contributed by atoms with Gasteiger partial charge in [0.2, 0.25) is 5.91 Å². The lowest BCUT2D eigenvalue weighted by Crippen LogP contribution is -2.41. The van der Waals surface area contributed by atoms with E-state index in [9.17, 15) is 14.0 Å². The van der Waals surface area contributed by atoms with Gasteiger partial charge >= 0.3 is 5.97 Å². The topological polar surface area (TPSA) is 104 Å². The molecule has 0 bridgehead atoms. The molecule has 5 N–H and O–H groups in total. The highest BCUT2D eigenvalue weighted by Gasteiger charge is 2.21. The van der Waals surface area contributed by atoms with Crippen molar-refractivity contribution < 1.29 is 19.1 Å². The van der Waals surface area contributed by atoms with E-state index in [4.69, 9.17) is 10.8 Å². The molecule has 7 heteroatoms. The van der Waals surface area contributed by atoms with Crippen LogP contribution >= 0.6 is 0 Å². The number of amides is 1. The predicted molar refractivity (Wildman–Crippen MR) is 74.1 cm³/mol. The number of hydrogen-bond acceptors (Lipinski definition) is 4. The van der Waals surface area contributed by atoms with E-state index in [0.29, 0.717) is 0 Å². The fourth-order valence-corrected chi connectivity index (χ4v) is 1.65. The summed E-state index contributed by atoms with van der Waals surface area (Å²) in [5.41, 5.74) is 4.68. The van der Waals surface area contributed by atoms with E-state index >= 15 is 0 Å². The van der Waals surface area contributed by atoms with Gasteiger partial charge in [-0.2, -0.15) is 0 Å². The van der Waals surface area contributed by atoms with Gasteiger partial charge in [-0.15, -0.1) is 0 Å². The molecule has 1 aromatic rings. The number of benzene rings is 1. The quantitative estimate of drug-likeness (QED) is 0.612. The van der Waals surface area contributed by atoms with Crippen LogP contribution in [0.5, 0.6) is 0 Å². The number of carbonyl (C=O) groups excluding carboxylic acids is 1. The Balaban J connectivity index is 3.01. The van der Waals surface area contributed by atoms with Gasteiger partial charge in [-0.3, -0.25) is 4.79 Å². The number of anilines is 2. The molecule has 0 saturated carbocycles.